The number of ether oxygens (including phenoxy) is 1. The van der Waals surface area contributed by atoms with Crippen molar-refractivity contribution in [2.45, 2.75) is 0 Å². The SMILES string of the molecule is N#CSCCOC(=O)C=Cc1ccccc1. The van der Waals surface area contributed by atoms with Crippen LogP contribution in [0.15, 0.2) is 36.4 Å². The number of benzene rings is 1. The van der Waals surface area contributed by atoms with Crippen LogP contribution in [0, 0.1) is 10.7 Å². The van der Waals surface area contributed by atoms with Gasteiger partial charge in [-0.25, -0.2) is 4.79 Å². The highest BCUT2D eigenvalue weighted by atomic mass is 32.2. The molecule has 1 aromatic carbocycles. The number of rotatable bonds is 5. The van der Waals surface area contributed by atoms with E-state index in [4.69, 9.17) is 10.00 Å². The first-order valence-corrected chi connectivity index (χ1v) is 5.72. The zero-order valence-corrected chi connectivity index (χ0v) is 9.44. The van der Waals surface area contributed by atoms with E-state index in [1.807, 2.05) is 35.7 Å². The maximum absolute atomic E-state index is 11.2. The second kappa shape index (κ2) is 7.55. The summed E-state index contributed by atoms with van der Waals surface area (Å²) in [4.78, 5) is 11.2. The lowest BCUT2D eigenvalue weighted by molar-refractivity contribution is -0.137. The molecule has 0 aliphatic carbocycles. The quantitative estimate of drug-likeness (QED) is 0.339. The molecule has 1 aromatic rings. The van der Waals surface area contributed by atoms with Crippen molar-refractivity contribution in [1.82, 2.24) is 0 Å². The van der Waals surface area contributed by atoms with Crippen molar-refractivity contribution >= 4 is 23.8 Å². The summed E-state index contributed by atoms with van der Waals surface area (Å²) >= 11 is 1.07. The van der Waals surface area contributed by atoms with E-state index in [-0.39, 0.29) is 12.6 Å². The molecule has 0 aromatic heterocycles. The van der Waals surface area contributed by atoms with Gasteiger partial charge in [0.05, 0.1) is 0 Å². The first kappa shape index (κ1) is 12.3. The highest BCUT2D eigenvalue weighted by molar-refractivity contribution is 8.03. The Morgan fingerprint density at radius 3 is 2.88 bits per heavy atom. The number of thioether (sulfide) groups is 1. The van der Waals surface area contributed by atoms with Crippen LogP contribution in [-0.2, 0) is 9.53 Å². The molecular weight excluding hydrogens is 222 g/mol. The molecule has 0 saturated heterocycles. The van der Waals surface area contributed by atoms with Gasteiger partial charge >= 0.3 is 5.97 Å². The lowest BCUT2D eigenvalue weighted by atomic mass is 10.2. The van der Waals surface area contributed by atoms with E-state index in [9.17, 15) is 4.79 Å². The Balaban J connectivity index is 2.29. The van der Waals surface area contributed by atoms with Gasteiger partial charge in [-0.3, -0.25) is 0 Å². The zero-order valence-electron chi connectivity index (χ0n) is 8.63. The van der Waals surface area contributed by atoms with E-state index < -0.39 is 0 Å². The summed E-state index contributed by atoms with van der Waals surface area (Å²) in [5, 5.41) is 10.1. The monoisotopic (exact) mass is 233 g/mol. The number of carbonyl (C=O) groups is 1. The van der Waals surface area contributed by atoms with Crippen molar-refractivity contribution in [2.75, 3.05) is 12.4 Å². The molecule has 0 amide bonds. The second-order valence-electron chi connectivity index (χ2n) is 2.85. The lowest BCUT2D eigenvalue weighted by Crippen LogP contribution is -2.03. The van der Waals surface area contributed by atoms with Crippen LogP contribution in [0.5, 0.6) is 0 Å². The van der Waals surface area contributed by atoms with Crippen LogP contribution in [0.25, 0.3) is 6.08 Å². The predicted octanol–water partition coefficient (Wildman–Crippen LogP) is 2.46. The third-order valence-corrected chi connectivity index (χ3v) is 2.21. The van der Waals surface area contributed by atoms with E-state index in [1.54, 1.807) is 6.08 Å². The summed E-state index contributed by atoms with van der Waals surface area (Å²) in [5.74, 6) is 0.115. The molecule has 0 fully saturated rings. The lowest BCUT2D eigenvalue weighted by Gasteiger charge is -1.97. The average Bonchev–Trinajstić information content (AvgIpc) is 2.33. The maximum atomic E-state index is 11.2. The molecule has 0 heterocycles. The third-order valence-electron chi connectivity index (χ3n) is 1.71. The number of carbonyl (C=O) groups excluding carboxylic acids is 1. The molecule has 0 unspecified atom stereocenters. The van der Waals surface area contributed by atoms with Gasteiger partial charge in [0.25, 0.3) is 0 Å². The molecule has 16 heavy (non-hydrogen) atoms. The zero-order chi connectivity index (χ0) is 11.6. The summed E-state index contributed by atoms with van der Waals surface area (Å²) in [5.41, 5.74) is 0.950. The van der Waals surface area contributed by atoms with Crippen LogP contribution in [0.1, 0.15) is 5.56 Å². The highest BCUT2D eigenvalue weighted by Crippen LogP contribution is 2.01. The predicted molar refractivity (Wildman–Crippen MR) is 64.5 cm³/mol. The molecule has 82 valence electrons. The minimum Gasteiger partial charge on any atom is -0.462 e. The summed E-state index contributed by atoms with van der Waals surface area (Å²) in [6.07, 6.45) is 3.08. The number of hydrogen-bond acceptors (Lipinski definition) is 4. The van der Waals surface area contributed by atoms with Crippen LogP contribution in [-0.4, -0.2) is 18.3 Å². The van der Waals surface area contributed by atoms with Crippen LogP contribution in [0.4, 0.5) is 0 Å². The normalized spacial score (nSPS) is 9.94. The van der Waals surface area contributed by atoms with E-state index in [1.165, 1.54) is 6.08 Å². The fourth-order valence-corrected chi connectivity index (χ4v) is 1.26. The van der Waals surface area contributed by atoms with Gasteiger partial charge in [0, 0.05) is 11.8 Å². The Bertz CT molecular complexity index is 395. The molecule has 0 atom stereocenters. The van der Waals surface area contributed by atoms with Crippen molar-refractivity contribution < 1.29 is 9.53 Å². The fraction of sp³-hybridized carbons (Fsp3) is 0.167. The molecule has 0 N–H and O–H groups in total. The van der Waals surface area contributed by atoms with Crippen LogP contribution >= 0.6 is 11.8 Å². The largest absolute Gasteiger partial charge is 0.462 e. The van der Waals surface area contributed by atoms with Gasteiger partial charge in [-0.2, -0.15) is 5.26 Å². The average molecular weight is 233 g/mol. The van der Waals surface area contributed by atoms with Gasteiger partial charge in [-0.1, -0.05) is 30.3 Å². The topological polar surface area (TPSA) is 50.1 Å². The standard InChI is InChI=1S/C12H11NO2S/c13-10-16-9-8-15-12(14)7-6-11-4-2-1-3-5-11/h1-7H,8-9H2. The number of nitrogens with zero attached hydrogens (tertiary/aromatic N) is 1. The summed E-state index contributed by atoms with van der Waals surface area (Å²) in [6.45, 7) is 0.260. The summed E-state index contributed by atoms with van der Waals surface area (Å²) in [7, 11) is 0. The molecule has 0 radical (unpaired) electrons. The molecule has 0 spiro atoms. The van der Waals surface area contributed by atoms with E-state index in [2.05, 4.69) is 0 Å². The van der Waals surface area contributed by atoms with Crippen molar-refractivity contribution in [3.05, 3.63) is 42.0 Å². The summed E-state index contributed by atoms with van der Waals surface area (Å²) < 4.78 is 4.87. The van der Waals surface area contributed by atoms with Crippen LogP contribution in [0.2, 0.25) is 0 Å². The van der Waals surface area contributed by atoms with Gasteiger partial charge < -0.3 is 4.74 Å². The molecule has 0 bridgehead atoms. The Hall–Kier alpha value is -1.73. The van der Waals surface area contributed by atoms with Crippen molar-refractivity contribution in [3.63, 3.8) is 0 Å². The highest BCUT2D eigenvalue weighted by Gasteiger charge is 1.96. The smallest absolute Gasteiger partial charge is 0.330 e. The second-order valence-corrected chi connectivity index (χ2v) is 3.73. The molecule has 1 rings (SSSR count). The third kappa shape index (κ3) is 5.23. The van der Waals surface area contributed by atoms with Crippen molar-refractivity contribution in [2.24, 2.45) is 0 Å². The van der Waals surface area contributed by atoms with E-state index in [0.717, 1.165) is 17.3 Å². The molecule has 0 saturated carbocycles. The van der Waals surface area contributed by atoms with Crippen LogP contribution < -0.4 is 0 Å². The van der Waals surface area contributed by atoms with Gasteiger partial charge in [0.2, 0.25) is 0 Å². The summed E-state index contributed by atoms with van der Waals surface area (Å²) in [6, 6.07) is 9.50. The Morgan fingerprint density at radius 2 is 2.19 bits per heavy atom. The fourth-order valence-electron chi connectivity index (χ4n) is 1.01. The van der Waals surface area contributed by atoms with Gasteiger partial charge in [-0.15, -0.1) is 0 Å². The van der Waals surface area contributed by atoms with Crippen LogP contribution in [0.3, 0.4) is 0 Å². The van der Waals surface area contributed by atoms with Gasteiger partial charge in [0.1, 0.15) is 12.0 Å². The first-order valence-electron chi connectivity index (χ1n) is 4.73. The maximum Gasteiger partial charge on any atom is 0.330 e. The molecule has 4 heteroatoms. The molecular formula is C12H11NO2S. The Morgan fingerprint density at radius 1 is 1.44 bits per heavy atom. The number of thiocyanates is 1. The Kier molecular flexibility index (Phi) is 5.82. The van der Waals surface area contributed by atoms with E-state index >= 15 is 0 Å². The van der Waals surface area contributed by atoms with Crippen molar-refractivity contribution in [3.8, 4) is 5.40 Å². The number of nitriles is 1. The van der Waals surface area contributed by atoms with Gasteiger partial charge in [-0.05, 0) is 23.4 Å². The number of hydrogen-bond donors (Lipinski definition) is 0. The van der Waals surface area contributed by atoms with E-state index in [0.29, 0.717) is 5.75 Å². The van der Waals surface area contributed by atoms with Crippen molar-refractivity contribution in [1.29, 1.82) is 5.26 Å². The molecule has 0 aliphatic heterocycles. The molecule has 0 aliphatic rings. The minimum atomic E-state index is -0.387. The minimum absolute atomic E-state index is 0.260. The number of esters is 1. The Labute approximate surface area is 98.7 Å². The van der Waals surface area contributed by atoms with Gasteiger partial charge in [0.15, 0.2) is 0 Å². The molecule has 3 nitrogen and oxygen atoms in total. The first-order chi connectivity index (χ1) is 7.83.